The van der Waals surface area contributed by atoms with Crippen LogP contribution in [0.25, 0.3) is 0 Å². The molecule has 0 saturated heterocycles. The van der Waals surface area contributed by atoms with Gasteiger partial charge in [0, 0.05) is 13.1 Å². The van der Waals surface area contributed by atoms with Crippen LogP contribution in [0.5, 0.6) is 11.8 Å². The van der Waals surface area contributed by atoms with Crippen molar-refractivity contribution in [3.8, 4) is 11.8 Å². The van der Waals surface area contributed by atoms with Crippen molar-refractivity contribution in [3.63, 3.8) is 0 Å². The van der Waals surface area contributed by atoms with E-state index >= 15 is 0 Å². The fourth-order valence-electron chi connectivity index (χ4n) is 1.33. The van der Waals surface area contributed by atoms with E-state index < -0.39 is 0 Å². The smallest absolute Gasteiger partial charge is 0.240 e. The lowest BCUT2D eigenvalue weighted by molar-refractivity contribution is 0.291. The molecule has 0 amide bonds. The molecular weight excluding hydrogens is 168 g/mol. The van der Waals surface area contributed by atoms with Crippen molar-refractivity contribution < 1.29 is 9.47 Å². The van der Waals surface area contributed by atoms with Crippen molar-refractivity contribution in [2.75, 3.05) is 32.2 Å². The molecule has 0 unspecified atom stereocenters. The molecule has 4 heteroatoms. The van der Waals surface area contributed by atoms with E-state index in [-0.39, 0.29) is 0 Å². The molecule has 0 aromatic carbocycles. The standard InChI is InChI=1S/C9H12N2O2/c1-11-5-6-13-9-7(11)3-4-8(10-9)12-2/h3-4H,5-6H2,1-2H3. The topological polar surface area (TPSA) is 34.6 Å². The molecule has 1 aromatic heterocycles. The number of anilines is 1. The summed E-state index contributed by atoms with van der Waals surface area (Å²) in [6.45, 7) is 1.59. The summed E-state index contributed by atoms with van der Waals surface area (Å²) in [5.41, 5.74) is 1.02. The molecule has 0 N–H and O–H groups in total. The molecule has 0 bridgehead atoms. The van der Waals surface area contributed by atoms with Crippen molar-refractivity contribution >= 4 is 5.69 Å². The second-order valence-corrected chi connectivity index (χ2v) is 2.95. The van der Waals surface area contributed by atoms with Crippen molar-refractivity contribution in [2.45, 2.75) is 0 Å². The minimum absolute atomic E-state index is 0.592. The fraction of sp³-hybridized carbons (Fsp3) is 0.444. The maximum atomic E-state index is 5.40. The molecule has 2 heterocycles. The zero-order chi connectivity index (χ0) is 9.26. The highest BCUT2D eigenvalue weighted by Crippen LogP contribution is 2.30. The largest absolute Gasteiger partial charge is 0.481 e. The summed E-state index contributed by atoms with van der Waals surface area (Å²) in [6.07, 6.45) is 0. The normalized spacial score (nSPS) is 14.8. The van der Waals surface area contributed by atoms with Crippen LogP contribution in [0, 0.1) is 0 Å². The molecule has 0 atom stereocenters. The quantitative estimate of drug-likeness (QED) is 0.643. The first-order valence-electron chi connectivity index (χ1n) is 4.20. The van der Waals surface area contributed by atoms with E-state index in [1.165, 1.54) is 0 Å². The molecule has 0 aliphatic carbocycles. The molecule has 2 rings (SSSR count). The summed E-state index contributed by atoms with van der Waals surface area (Å²) < 4.78 is 10.4. The van der Waals surface area contributed by atoms with Gasteiger partial charge in [-0.2, -0.15) is 4.98 Å². The van der Waals surface area contributed by atoms with Gasteiger partial charge in [0.15, 0.2) is 0 Å². The number of pyridine rings is 1. The average molecular weight is 180 g/mol. The first-order valence-corrected chi connectivity index (χ1v) is 4.20. The van der Waals surface area contributed by atoms with Crippen LogP contribution in [0.1, 0.15) is 0 Å². The van der Waals surface area contributed by atoms with Crippen LogP contribution in [-0.4, -0.2) is 32.3 Å². The molecule has 70 valence electrons. The van der Waals surface area contributed by atoms with Gasteiger partial charge in [0.1, 0.15) is 6.61 Å². The van der Waals surface area contributed by atoms with Gasteiger partial charge in [0.25, 0.3) is 0 Å². The minimum Gasteiger partial charge on any atom is -0.481 e. The predicted molar refractivity (Wildman–Crippen MR) is 49.6 cm³/mol. The Morgan fingerprint density at radius 2 is 2.38 bits per heavy atom. The summed E-state index contributed by atoms with van der Waals surface area (Å²) in [7, 11) is 3.62. The third kappa shape index (κ3) is 1.39. The van der Waals surface area contributed by atoms with Crippen molar-refractivity contribution in [1.29, 1.82) is 0 Å². The van der Waals surface area contributed by atoms with E-state index in [1.807, 2.05) is 19.2 Å². The molecule has 1 aliphatic heterocycles. The van der Waals surface area contributed by atoms with Crippen LogP contribution in [0.4, 0.5) is 5.69 Å². The summed E-state index contributed by atoms with van der Waals surface area (Å²) >= 11 is 0. The van der Waals surface area contributed by atoms with Crippen molar-refractivity contribution in [2.24, 2.45) is 0 Å². The van der Waals surface area contributed by atoms with Gasteiger partial charge < -0.3 is 14.4 Å². The number of hydrogen-bond acceptors (Lipinski definition) is 4. The zero-order valence-corrected chi connectivity index (χ0v) is 7.78. The van der Waals surface area contributed by atoms with E-state index in [0.29, 0.717) is 18.4 Å². The van der Waals surface area contributed by atoms with Gasteiger partial charge in [0.05, 0.1) is 19.3 Å². The molecule has 0 radical (unpaired) electrons. The first-order chi connectivity index (χ1) is 6.31. The molecular formula is C9H12N2O2. The highest BCUT2D eigenvalue weighted by Gasteiger charge is 2.16. The van der Waals surface area contributed by atoms with Crippen LogP contribution in [0.15, 0.2) is 12.1 Å². The third-order valence-corrected chi connectivity index (χ3v) is 2.10. The van der Waals surface area contributed by atoms with Gasteiger partial charge in [-0.25, -0.2) is 0 Å². The fourth-order valence-corrected chi connectivity index (χ4v) is 1.33. The van der Waals surface area contributed by atoms with E-state index in [2.05, 4.69) is 9.88 Å². The van der Waals surface area contributed by atoms with Gasteiger partial charge in [0.2, 0.25) is 11.8 Å². The second-order valence-electron chi connectivity index (χ2n) is 2.95. The lowest BCUT2D eigenvalue weighted by Crippen LogP contribution is -2.29. The Bertz CT molecular complexity index is 314. The monoisotopic (exact) mass is 180 g/mol. The van der Waals surface area contributed by atoms with Gasteiger partial charge in [-0.15, -0.1) is 0 Å². The maximum Gasteiger partial charge on any atom is 0.240 e. The van der Waals surface area contributed by atoms with Gasteiger partial charge in [-0.3, -0.25) is 0 Å². The average Bonchev–Trinajstić information content (AvgIpc) is 2.18. The molecule has 1 aromatic rings. The van der Waals surface area contributed by atoms with E-state index in [9.17, 15) is 0 Å². The Morgan fingerprint density at radius 1 is 1.54 bits per heavy atom. The van der Waals surface area contributed by atoms with Crippen LogP contribution < -0.4 is 14.4 Å². The van der Waals surface area contributed by atoms with Crippen LogP contribution >= 0.6 is 0 Å². The first kappa shape index (κ1) is 8.16. The number of ether oxygens (including phenoxy) is 2. The highest BCUT2D eigenvalue weighted by molar-refractivity contribution is 5.56. The molecule has 0 spiro atoms. The van der Waals surface area contributed by atoms with Gasteiger partial charge >= 0.3 is 0 Å². The van der Waals surface area contributed by atoms with Crippen molar-refractivity contribution in [1.82, 2.24) is 4.98 Å². The molecule has 13 heavy (non-hydrogen) atoms. The van der Waals surface area contributed by atoms with Crippen LogP contribution in [-0.2, 0) is 0 Å². The predicted octanol–water partition coefficient (Wildman–Crippen LogP) is 0.919. The Kier molecular flexibility index (Phi) is 1.96. The highest BCUT2D eigenvalue weighted by atomic mass is 16.5. The number of nitrogens with zero attached hydrogens (tertiary/aromatic N) is 2. The summed E-state index contributed by atoms with van der Waals surface area (Å²) in [5.74, 6) is 1.25. The lowest BCUT2D eigenvalue weighted by Gasteiger charge is -2.26. The Morgan fingerprint density at radius 3 is 3.15 bits per heavy atom. The Hall–Kier alpha value is -1.45. The van der Waals surface area contributed by atoms with Gasteiger partial charge in [-0.05, 0) is 6.07 Å². The van der Waals surface area contributed by atoms with E-state index in [0.717, 1.165) is 12.2 Å². The third-order valence-electron chi connectivity index (χ3n) is 2.10. The Balaban J connectivity index is 2.39. The summed E-state index contributed by atoms with van der Waals surface area (Å²) in [4.78, 5) is 6.31. The molecule has 0 saturated carbocycles. The lowest BCUT2D eigenvalue weighted by atomic mass is 10.3. The number of hydrogen-bond donors (Lipinski definition) is 0. The Labute approximate surface area is 77.1 Å². The number of likely N-dealkylation sites (N-methyl/N-ethyl adjacent to an activating group) is 1. The SMILES string of the molecule is COc1ccc2c(n1)OCCN2C. The van der Waals surface area contributed by atoms with Crippen LogP contribution in [0.2, 0.25) is 0 Å². The van der Waals surface area contributed by atoms with Gasteiger partial charge in [-0.1, -0.05) is 0 Å². The number of fused-ring (bicyclic) bond motifs is 1. The molecule has 1 aliphatic rings. The minimum atomic E-state index is 0.592. The molecule has 0 fully saturated rings. The number of aromatic nitrogens is 1. The molecule has 4 nitrogen and oxygen atoms in total. The summed E-state index contributed by atoms with van der Waals surface area (Å²) in [5, 5.41) is 0. The van der Waals surface area contributed by atoms with E-state index in [1.54, 1.807) is 7.11 Å². The second kappa shape index (κ2) is 3.12. The van der Waals surface area contributed by atoms with Crippen molar-refractivity contribution in [3.05, 3.63) is 12.1 Å². The summed E-state index contributed by atoms with van der Waals surface area (Å²) in [6, 6.07) is 3.80. The van der Waals surface area contributed by atoms with Crippen LogP contribution in [0.3, 0.4) is 0 Å². The van der Waals surface area contributed by atoms with E-state index in [4.69, 9.17) is 9.47 Å². The number of rotatable bonds is 1. The number of methoxy groups -OCH3 is 1. The maximum absolute atomic E-state index is 5.40. The zero-order valence-electron chi connectivity index (χ0n) is 7.78.